The summed E-state index contributed by atoms with van der Waals surface area (Å²) in [5.41, 5.74) is 1.63. The van der Waals surface area contributed by atoms with Crippen molar-refractivity contribution in [1.82, 2.24) is 10.6 Å². The Morgan fingerprint density at radius 3 is 2.27 bits per heavy atom. The van der Waals surface area contributed by atoms with E-state index in [1.807, 2.05) is 30.3 Å². The van der Waals surface area contributed by atoms with E-state index in [1.165, 1.54) is 0 Å². The second-order valence-corrected chi connectivity index (χ2v) is 6.74. The van der Waals surface area contributed by atoms with Crippen molar-refractivity contribution < 1.29 is 4.79 Å². The van der Waals surface area contributed by atoms with Gasteiger partial charge in [-0.25, -0.2) is 0 Å². The highest BCUT2D eigenvalue weighted by Crippen LogP contribution is 2.12. The van der Waals surface area contributed by atoms with E-state index in [-0.39, 0.29) is 5.91 Å². The number of amides is 1. The highest BCUT2D eigenvalue weighted by Gasteiger charge is 2.19. The lowest BCUT2D eigenvalue weighted by Crippen LogP contribution is -2.49. The summed E-state index contributed by atoms with van der Waals surface area (Å²) in [5, 5.41) is 5.94. The van der Waals surface area contributed by atoms with Crippen molar-refractivity contribution >= 4 is 45.0 Å². The number of hydrogen-bond donors (Lipinski definition) is 2. The summed E-state index contributed by atoms with van der Waals surface area (Å²) in [6.45, 7) is 0.558. The molecule has 1 amide bonds. The van der Waals surface area contributed by atoms with E-state index in [4.69, 9.17) is 23.2 Å². The van der Waals surface area contributed by atoms with Gasteiger partial charge in [-0.05, 0) is 29.8 Å². The summed E-state index contributed by atoms with van der Waals surface area (Å²) >= 11 is 15.2. The fourth-order valence-corrected chi connectivity index (χ4v) is 2.42. The Balaban J connectivity index is 1.96. The molecule has 0 aromatic heterocycles. The minimum absolute atomic E-state index is 0.232. The second kappa shape index (κ2) is 8.53. The summed E-state index contributed by atoms with van der Waals surface area (Å²) in [6, 6.07) is 16.9. The van der Waals surface area contributed by atoms with Gasteiger partial charge in [-0.1, -0.05) is 46.3 Å². The van der Waals surface area contributed by atoms with Gasteiger partial charge in [-0.3, -0.25) is 10.1 Å². The quantitative estimate of drug-likeness (QED) is 0.565. The fraction of sp³-hybridized carbons (Fsp3) is 0.188. The topological polar surface area (TPSA) is 41.1 Å². The lowest BCUT2D eigenvalue weighted by atomic mass is 10.2. The molecule has 0 spiro atoms. The van der Waals surface area contributed by atoms with Crippen LogP contribution in [0.2, 0.25) is 0 Å². The van der Waals surface area contributed by atoms with Crippen LogP contribution in [0.4, 0.5) is 0 Å². The van der Waals surface area contributed by atoms with Gasteiger partial charge in [0.25, 0.3) is 5.91 Å². The summed E-state index contributed by atoms with van der Waals surface area (Å²) in [4.78, 5) is 11.4. The molecule has 0 aliphatic heterocycles. The van der Waals surface area contributed by atoms with E-state index < -0.39 is 11.0 Å². The number of carbonyl (C=O) groups excluding carboxylic acids is 1. The second-order valence-electron chi connectivity index (χ2n) is 4.66. The minimum Gasteiger partial charge on any atom is -0.334 e. The molecule has 116 valence electrons. The van der Waals surface area contributed by atoms with Crippen molar-refractivity contribution in [2.45, 2.75) is 17.5 Å². The Hall–Kier alpha value is -1.07. The van der Waals surface area contributed by atoms with Crippen molar-refractivity contribution in [3.05, 3.63) is 70.2 Å². The first-order valence-corrected chi connectivity index (χ1v) is 8.35. The Morgan fingerprint density at radius 2 is 1.68 bits per heavy atom. The van der Waals surface area contributed by atoms with Crippen molar-refractivity contribution in [2.24, 2.45) is 0 Å². The van der Waals surface area contributed by atoms with Gasteiger partial charge in [-0.2, -0.15) is 0 Å². The predicted octanol–water partition coefficient (Wildman–Crippen LogP) is 4.10. The number of rotatable bonds is 6. The molecule has 0 fully saturated rings. The van der Waals surface area contributed by atoms with Crippen LogP contribution in [-0.2, 0) is 6.54 Å². The van der Waals surface area contributed by atoms with Gasteiger partial charge < -0.3 is 5.32 Å². The molecule has 1 unspecified atom stereocenters. The van der Waals surface area contributed by atoms with Crippen LogP contribution < -0.4 is 10.6 Å². The zero-order valence-electron chi connectivity index (χ0n) is 11.6. The van der Waals surface area contributed by atoms with Crippen molar-refractivity contribution in [3.63, 3.8) is 0 Å². The SMILES string of the molecule is O=C(NC(NCc1ccccc1)C(Cl)Cl)c1ccc(Br)cc1. The van der Waals surface area contributed by atoms with Gasteiger partial charge in [0.2, 0.25) is 0 Å². The molecule has 2 N–H and O–H groups in total. The zero-order valence-corrected chi connectivity index (χ0v) is 14.7. The maximum absolute atomic E-state index is 12.2. The molecule has 1 atom stereocenters. The minimum atomic E-state index is -0.761. The van der Waals surface area contributed by atoms with E-state index in [9.17, 15) is 4.79 Å². The first-order valence-electron chi connectivity index (χ1n) is 6.68. The summed E-state index contributed by atoms with van der Waals surface area (Å²) in [6.07, 6.45) is -0.542. The lowest BCUT2D eigenvalue weighted by Gasteiger charge is -2.21. The number of halogens is 3. The Labute approximate surface area is 148 Å². The Bertz CT molecular complexity index is 605. The lowest BCUT2D eigenvalue weighted by molar-refractivity contribution is 0.0931. The van der Waals surface area contributed by atoms with Crippen LogP contribution in [0.1, 0.15) is 15.9 Å². The molecule has 0 aliphatic rings. The van der Waals surface area contributed by atoms with Crippen LogP contribution in [0.25, 0.3) is 0 Å². The van der Waals surface area contributed by atoms with Crippen molar-refractivity contribution in [3.8, 4) is 0 Å². The fourth-order valence-electron chi connectivity index (χ4n) is 1.85. The molecule has 0 saturated carbocycles. The van der Waals surface area contributed by atoms with Crippen LogP contribution in [0.3, 0.4) is 0 Å². The normalized spacial score (nSPS) is 12.2. The molecule has 22 heavy (non-hydrogen) atoms. The van der Waals surface area contributed by atoms with Gasteiger partial charge in [-0.15, -0.1) is 23.2 Å². The molecule has 2 aromatic rings. The van der Waals surface area contributed by atoms with Crippen molar-refractivity contribution in [1.29, 1.82) is 0 Å². The molecular formula is C16H15BrCl2N2O. The predicted molar refractivity (Wildman–Crippen MR) is 94.2 cm³/mol. The van der Waals surface area contributed by atoms with Gasteiger partial charge in [0, 0.05) is 16.6 Å². The molecular weight excluding hydrogens is 387 g/mol. The number of carbonyl (C=O) groups is 1. The van der Waals surface area contributed by atoms with Crippen LogP contribution >= 0.6 is 39.1 Å². The van der Waals surface area contributed by atoms with Crippen molar-refractivity contribution in [2.75, 3.05) is 0 Å². The van der Waals surface area contributed by atoms with Gasteiger partial charge >= 0.3 is 0 Å². The molecule has 0 radical (unpaired) electrons. The summed E-state index contributed by atoms with van der Waals surface area (Å²) in [7, 11) is 0. The molecule has 0 saturated heterocycles. The maximum Gasteiger partial charge on any atom is 0.252 e. The standard InChI is InChI=1S/C16H15BrCl2N2O/c17-13-8-6-12(7-9-13)16(22)21-15(14(18)19)20-10-11-4-2-1-3-5-11/h1-9,14-15,20H,10H2,(H,21,22). The number of benzene rings is 2. The largest absolute Gasteiger partial charge is 0.334 e. The first kappa shape index (κ1) is 17.3. The zero-order chi connectivity index (χ0) is 15.9. The van der Waals surface area contributed by atoms with Crippen LogP contribution in [0.5, 0.6) is 0 Å². The monoisotopic (exact) mass is 400 g/mol. The molecule has 0 heterocycles. The highest BCUT2D eigenvalue weighted by molar-refractivity contribution is 9.10. The van der Waals surface area contributed by atoms with Crippen LogP contribution in [-0.4, -0.2) is 16.9 Å². The van der Waals surface area contributed by atoms with E-state index in [0.717, 1.165) is 10.0 Å². The van der Waals surface area contributed by atoms with Gasteiger partial charge in [0.05, 0.1) is 0 Å². The van der Waals surface area contributed by atoms with Gasteiger partial charge in [0.15, 0.2) is 0 Å². The van der Waals surface area contributed by atoms with E-state index in [2.05, 4.69) is 26.6 Å². The van der Waals surface area contributed by atoms with Crippen LogP contribution in [0, 0.1) is 0 Å². The Kier molecular flexibility index (Phi) is 6.70. The molecule has 2 aromatic carbocycles. The van der Waals surface area contributed by atoms with E-state index in [1.54, 1.807) is 24.3 Å². The third-order valence-electron chi connectivity index (χ3n) is 3.01. The summed E-state index contributed by atoms with van der Waals surface area (Å²) < 4.78 is 0.912. The molecule has 0 bridgehead atoms. The number of alkyl halides is 2. The summed E-state index contributed by atoms with van der Waals surface area (Å²) in [5.74, 6) is -0.232. The molecule has 0 aliphatic carbocycles. The Morgan fingerprint density at radius 1 is 1.05 bits per heavy atom. The van der Waals surface area contributed by atoms with E-state index >= 15 is 0 Å². The number of hydrogen-bond acceptors (Lipinski definition) is 2. The van der Waals surface area contributed by atoms with E-state index in [0.29, 0.717) is 12.1 Å². The smallest absolute Gasteiger partial charge is 0.252 e. The van der Waals surface area contributed by atoms with Crippen LogP contribution in [0.15, 0.2) is 59.1 Å². The maximum atomic E-state index is 12.2. The number of nitrogens with one attached hydrogen (secondary N) is 2. The molecule has 3 nitrogen and oxygen atoms in total. The average Bonchev–Trinajstić information content (AvgIpc) is 2.52. The third kappa shape index (κ3) is 5.29. The first-order chi connectivity index (χ1) is 10.6. The molecule has 2 rings (SSSR count). The third-order valence-corrected chi connectivity index (χ3v) is 4.05. The molecule has 6 heteroatoms. The average molecular weight is 402 g/mol. The van der Waals surface area contributed by atoms with Gasteiger partial charge in [0.1, 0.15) is 11.0 Å². The highest BCUT2D eigenvalue weighted by atomic mass is 79.9.